The number of benzene rings is 2. The molecule has 180 valence electrons. The highest BCUT2D eigenvalue weighted by Crippen LogP contribution is 2.51. The molecule has 1 atom stereocenters. The number of ketones is 1. The third-order valence-electron chi connectivity index (χ3n) is 6.41. The lowest BCUT2D eigenvalue weighted by molar-refractivity contribution is -0.137. The number of Topliss-reactive ketones (excluding diaryl/α,β-unsaturated/α-hetero) is 1. The summed E-state index contributed by atoms with van der Waals surface area (Å²) in [6, 6.07) is 10.1. The Morgan fingerprint density at radius 3 is 2.35 bits per heavy atom. The first kappa shape index (κ1) is 23.9. The molecule has 2 aromatic carbocycles. The summed E-state index contributed by atoms with van der Waals surface area (Å²) in [5.41, 5.74) is -0.398. The second kappa shape index (κ2) is 8.49. The van der Waals surface area contributed by atoms with E-state index in [1.54, 1.807) is 18.2 Å². The molecule has 1 unspecified atom stereocenters. The smallest absolute Gasteiger partial charge is 0.418 e. The van der Waals surface area contributed by atoms with Gasteiger partial charge < -0.3 is 9.47 Å². The van der Waals surface area contributed by atoms with Crippen molar-refractivity contribution in [3.8, 4) is 11.5 Å². The molecule has 0 saturated heterocycles. The second-order valence-electron chi connectivity index (χ2n) is 9.41. The maximum Gasteiger partial charge on any atom is 0.418 e. The number of alkyl halides is 3. The molecule has 0 spiro atoms. The molecule has 2 aromatic rings. The van der Waals surface area contributed by atoms with Gasteiger partial charge in [-0.3, -0.25) is 14.5 Å². The molecular formula is C26H26F3NO4. The Balaban J connectivity index is 1.97. The summed E-state index contributed by atoms with van der Waals surface area (Å²) in [5.74, 6) is -0.324. The standard InChI is InChI=1S/C26H26F3NO4/c1-25(2)13-20-24(21(31)14-25)17(16-11-15(33-3)9-10-22(16)34-4)12-23(32)30(20)19-8-6-5-7-18(19)26(27,28)29/h5-11,17H,12-14H2,1-4H3. The lowest BCUT2D eigenvalue weighted by Gasteiger charge is -2.43. The molecule has 1 aliphatic heterocycles. The highest BCUT2D eigenvalue weighted by atomic mass is 19.4. The fourth-order valence-electron chi connectivity index (χ4n) is 4.98. The van der Waals surface area contributed by atoms with E-state index in [1.807, 2.05) is 13.8 Å². The van der Waals surface area contributed by atoms with E-state index in [0.717, 1.165) is 11.0 Å². The van der Waals surface area contributed by atoms with E-state index in [0.29, 0.717) is 28.3 Å². The number of anilines is 1. The third kappa shape index (κ3) is 4.17. The molecule has 4 rings (SSSR count). The quantitative estimate of drug-likeness (QED) is 0.556. The highest BCUT2D eigenvalue weighted by Gasteiger charge is 2.47. The van der Waals surface area contributed by atoms with E-state index in [2.05, 4.69) is 0 Å². The van der Waals surface area contributed by atoms with E-state index < -0.39 is 29.0 Å². The van der Waals surface area contributed by atoms with Crippen LogP contribution < -0.4 is 14.4 Å². The van der Waals surface area contributed by atoms with Gasteiger partial charge in [0, 0.05) is 35.6 Å². The summed E-state index contributed by atoms with van der Waals surface area (Å²) >= 11 is 0. The molecule has 1 heterocycles. The van der Waals surface area contributed by atoms with Crippen molar-refractivity contribution in [2.75, 3.05) is 19.1 Å². The first-order chi connectivity index (χ1) is 16.0. The Kier molecular flexibility index (Phi) is 5.96. The fraction of sp³-hybridized carbons (Fsp3) is 0.385. The Morgan fingerprint density at radius 2 is 1.71 bits per heavy atom. The van der Waals surface area contributed by atoms with Crippen molar-refractivity contribution < 1.29 is 32.2 Å². The number of hydrogen-bond donors (Lipinski definition) is 0. The van der Waals surface area contributed by atoms with Gasteiger partial charge in [-0.1, -0.05) is 26.0 Å². The molecule has 34 heavy (non-hydrogen) atoms. The molecule has 0 N–H and O–H groups in total. The summed E-state index contributed by atoms with van der Waals surface area (Å²) in [7, 11) is 3.00. The van der Waals surface area contributed by atoms with E-state index in [9.17, 15) is 22.8 Å². The first-order valence-corrected chi connectivity index (χ1v) is 10.9. The zero-order valence-electron chi connectivity index (χ0n) is 19.5. The summed E-state index contributed by atoms with van der Waals surface area (Å²) in [4.78, 5) is 28.1. The van der Waals surface area contributed by atoms with Gasteiger partial charge in [-0.05, 0) is 42.2 Å². The summed E-state index contributed by atoms with van der Waals surface area (Å²) in [6.07, 6.45) is -4.30. The van der Waals surface area contributed by atoms with Gasteiger partial charge in [0.1, 0.15) is 11.5 Å². The number of rotatable bonds is 4. The predicted molar refractivity (Wildman–Crippen MR) is 121 cm³/mol. The van der Waals surface area contributed by atoms with Gasteiger partial charge in [0.25, 0.3) is 0 Å². The average molecular weight is 473 g/mol. The number of halogens is 3. The van der Waals surface area contributed by atoms with Crippen molar-refractivity contribution >= 4 is 17.4 Å². The second-order valence-corrected chi connectivity index (χ2v) is 9.41. The summed E-state index contributed by atoms with van der Waals surface area (Å²) in [5, 5.41) is 0. The first-order valence-electron chi connectivity index (χ1n) is 10.9. The SMILES string of the molecule is COc1ccc(OC)c(C2CC(=O)N(c3ccccc3C(F)(F)F)C3=C2C(=O)CC(C)(C)C3)c1. The van der Waals surface area contributed by atoms with Crippen molar-refractivity contribution in [1.29, 1.82) is 0 Å². The van der Waals surface area contributed by atoms with Gasteiger partial charge in [0.05, 0.1) is 25.5 Å². The predicted octanol–water partition coefficient (Wildman–Crippen LogP) is 5.89. The van der Waals surface area contributed by atoms with Crippen LogP contribution in [-0.2, 0) is 15.8 Å². The van der Waals surface area contributed by atoms with E-state index in [-0.39, 0.29) is 30.7 Å². The molecular weight excluding hydrogens is 447 g/mol. The number of para-hydroxylation sites is 1. The molecule has 8 heteroatoms. The summed E-state index contributed by atoms with van der Waals surface area (Å²) in [6.45, 7) is 3.76. The minimum atomic E-state index is -4.65. The number of carbonyl (C=O) groups excluding carboxylic acids is 2. The number of allylic oxidation sites excluding steroid dienone is 2. The van der Waals surface area contributed by atoms with Gasteiger partial charge in [0.15, 0.2) is 5.78 Å². The van der Waals surface area contributed by atoms with Crippen LogP contribution in [0.25, 0.3) is 0 Å². The van der Waals surface area contributed by atoms with Crippen LogP contribution in [0.2, 0.25) is 0 Å². The molecule has 5 nitrogen and oxygen atoms in total. The normalized spacial score (nSPS) is 20.3. The van der Waals surface area contributed by atoms with Crippen LogP contribution in [0.3, 0.4) is 0 Å². The molecule has 1 amide bonds. The average Bonchev–Trinajstić information content (AvgIpc) is 2.76. The number of amides is 1. The zero-order chi connectivity index (χ0) is 24.8. The zero-order valence-corrected chi connectivity index (χ0v) is 19.5. The van der Waals surface area contributed by atoms with Crippen molar-refractivity contribution in [3.63, 3.8) is 0 Å². The van der Waals surface area contributed by atoms with Crippen molar-refractivity contribution in [2.24, 2.45) is 5.41 Å². The molecule has 0 saturated carbocycles. The fourth-order valence-corrected chi connectivity index (χ4v) is 4.98. The summed E-state index contributed by atoms with van der Waals surface area (Å²) < 4.78 is 52.4. The molecule has 0 radical (unpaired) electrons. The van der Waals surface area contributed by atoms with Crippen LogP contribution in [0.5, 0.6) is 11.5 Å². The molecule has 0 bridgehead atoms. The maximum absolute atomic E-state index is 13.9. The van der Waals surface area contributed by atoms with Crippen LogP contribution in [0, 0.1) is 5.41 Å². The van der Waals surface area contributed by atoms with Crippen LogP contribution in [0.1, 0.15) is 50.2 Å². The van der Waals surface area contributed by atoms with Crippen LogP contribution in [0.15, 0.2) is 53.7 Å². The van der Waals surface area contributed by atoms with Gasteiger partial charge in [0.2, 0.25) is 5.91 Å². The van der Waals surface area contributed by atoms with Gasteiger partial charge in [-0.25, -0.2) is 0 Å². The van der Waals surface area contributed by atoms with E-state index in [1.165, 1.54) is 32.4 Å². The number of carbonyl (C=O) groups is 2. The van der Waals surface area contributed by atoms with Crippen LogP contribution in [-0.4, -0.2) is 25.9 Å². The minimum absolute atomic E-state index is 0.166. The van der Waals surface area contributed by atoms with Crippen LogP contribution >= 0.6 is 0 Å². The monoisotopic (exact) mass is 473 g/mol. The number of hydrogen-bond acceptors (Lipinski definition) is 4. The Labute approximate surface area is 196 Å². The minimum Gasteiger partial charge on any atom is -0.497 e. The van der Waals surface area contributed by atoms with E-state index >= 15 is 0 Å². The largest absolute Gasteiger partial charge is 0.497 e. The van der Waals surface area contributed by atoms with Gasteiger partial charge in [-0.2, -0.15) is 13.2 Å². The number of nitrogens with zero attached hydrogens (tertiary/aromatic N) is 1. The van der Waals surface area contributed by atoms with Gasteiger partial charge in [-0.15, -0.1) is 0 Å². The Bertz CT molecular complexity index is 1180. The maximum atomic E-state index is 13.9. The number of ether oxygens (including phenoxy) is 2. The topological polar surface area (TPSA) is 55.8 Å². The lowest BCUT2D eigenvalue weighted by Crippen LogP contribution is -2.44. The highest BCUT2D eigenvalue weighted by molar-refractivity contribution is 6.08. The Hall–Kier alpha value is -3.29. The molecule has 0 fully saturated rings. The van der Waals surface area contributed by atoms with Crippen molar-refractivity contribution in [2.45, 2.75) is 45.2 Å². The number of methoxy groups -OCH3 is 2. The molecule has 1 aliphatic carbocycles. The van der Waals surface area contributed by atoms with Crippen molar-refractivity contribution in [3.05, 3.63) is 64.9 Å². The van der Waals surface area contributed by atoms with E-state index in [4.69, 9.17) is 9.47 Å². The van der Waals surface area contributed by atoms with Gasteiger partial charge >= 0.3 is 6.18 Å². The third-order valence-corrected chi connectivity index (χ3v) is 6.41. The van der Waals surface area contributed by atoms with Crippen molar-refractivity contribution in [1.82, 2.24) is 0 Å². The lowest BCUT2D eigenvalue weighted by atomic mass is 9.69. The van der Waals surface area contributed by atoms with Crippen LogP contribution in [0.4, 0.5) is 18.9 Å². The molecule has 0 aromatic heterocycles. The Morgan fingerprint density at radius 1 is 1.00 bits per heavy atom. The molecule has 2 aliphatic rings.